The first kappa shape index (κ1) is 121. The lowest BCUT2D eigenvalue weighted by atomic mass is 10.1. The first-order chi connectivity index (χ1) is 66.5. The lowest BCUT2D eigenvalue weighted by Gasteiger charge is -2.34. The fourth-order valence-electron chi connectivity index (χ4n) is 14.4. The van der Waals surface area contributed by atoms with Gasteiger partial charge >= 0.3 is 0 Å². The summed E-state index contributed by atoms with van der Waals surface area (Å²) in [4.78, 5) is 21.4. The summed E-state index contributed by atoms with van der Waals surface area (Å²) in [6, 6.07) is 65.8. The molecule has 3 heterocycles. The maximum Gasteiger partial charge on any atom is 0.119 e. The number of benzene rings is 8. The summed E-state index contributed by atoms with van der Waals surface area (Å²) in [6.45, 7) is 59.7. The molecule has 3 aliphatic rings. The van der Waals surface area contributed by atoms with Gasteiger partial charge in [0.05, 0.1) is 79.3 Å². The van der Waals surface area contributed by atoms with Crippen LogP contribution in [-0.4, -0.2) is 340 Å². The summed E-state index contributed by atoms with van der Waals surface area (Å²) < 4.78 is 60.8. The van der Waals surface area contributed by atoms with Gasteiger partial charge in [0, 0.05) is 170 Å². The Labute approximate surface area is 836 Å². The molecule has 0 amide bonds. The van der Waals surface area contributed by atoms with Crippen LogP contribution < -0.4 is 37.9 Å². The zero-order valence-corrected chi connectivity index (χ0v) is 89.5. The zero-order valence-electron chi connectivity index (χ0n) is 88.7. The van der Waals surface area contributed by atoms with Gasteiger partial charge in [-0.15, -0.1) is 0 Å². The highest BCUT2D eigenvalue weighted by Gasteiger charge is 2.17. The van der Waals surface area contributed by atoms with Gasteiger partial charge in [0.15, 0.2) is 0 Å². The smallest absolute Gasteiger partial charge is 0.119 e. The molecular weight excluding hydrogens is 1730 g/mol. The molecule has 1 N–H and O–H groups in total. The summed E-state index contributed by atoms with van der Waals surface area (Å²) in [7, 11) is 13.6. The molecule has 22 heteroatoms. The number of hydrogen-bond acceptors (Lipinski definition) is 22. The number of thioether (sulfide) groups is 1. The quantitative estimate of drug-likeness (QED) is 0.0360. The predicted molar refractivity (Wildman–Crippen MR) is 578 cm³/mol. The van der Waals surface area contributed by atoms with Gasteiger partial charge in [-0.25, -0.2) is 0 Å². The van der Waals surface area contributed by atoms with Gasteiger partial charge in [-0.3, -0.25) is 9.80 Å². The minimum absolute atomic E-state index is 0.268. The maximum absolute atomic E-state index is 8.91. The molecule has 0 bridgehead atoms. The lowest BCUT2D eigenvalue weighted by Crippen LogP contribution is -2.47. The number of methoxy groups -OCH3 is 3. The number of ether oxygens (including phenoxy) is 11. The molecule has 0 aromatic heterocycles. The van der Waals surface area contributed by atoms with Crippen LogP contribution in [0.3, 0.4) is 0 Å². The monoisotopic (exact) mass is 1920 g/mol. The Hall–Kier alpha value is -8.01. The number of unbranched alkanes of at least 4 members (excludes halogenated alkanes) is 1. The van der Waals surface area contributed by atoms with E-state index in [0.717, 1.165) is 281 Å². The minimum Gasteiger partial charge on any atom is -0.494 e. The van der Waals surface area contributed by atoms with Gasteiger partial charge in [-0.1, -0.05) is 176 Å². The number of likely N-dealkylation sites (N-methyl/N-ethyl adjacent to an activating group) is 2. The van der Waals surface area contributed by atoms with E-state index in [1.807, 2.05) is 97.1 Å². The minimum atomic E-state index is 0.268. The molecule has 137 heavy (non-hydrogen) atoms. The Morgan fingerprint density at radius 3 is 0.810 bits per heavy atom. The number of aliphatic hydroxyl groups is 1. The van der Waals surface area contributed by atoms with Crippen LogP contribution in [0.1, 0.15) is 136 Å². The average Bonchev–Trinajstić information content (AvgIpc) is 0.918. The Kier molecular flexibility index (Phi) is 70.5. The summed E-state index contributed by atoms with van der Waals surface area (Å²) in [6.07, 6.45) is 11.2. The van der Waals surface area contributed by atoms with E-state index in [-0.39, 0.29) is 6.61 Å². The van der Waals surface area contributed by atoms with E-state index in [0.29, 0.717) is 0 Å². The van der Waals surface area contributed by atoms with E-state index in [1.165, 1.54) is 115 Å². The lowest BCUT2D eigenvalue weighted by molar-refractivity contribution is 0.108. The van der Waals surface area contributed by atoms with E-state index in [9.17, 15) is 0 Å². The van der Waals surface area contributed by atoms with Gasteiger partial charge in [0.2, 0.25) is 0 Å². The molecule has 8 aromatic carbocycles. The van der Waals surface area contributed by atoms with Crippen molar-refractivity contribution in [2.24, 2.45) is 5.92 Å². The van der Waals surface area contributed by atoms with E-state index < -0.39 is 0 Å². The Balaban J connectivity index is 0.000000328. The van der Waals surface area contributed by atoms with Crippen LogP contribution in [0.15, 0.2) is 194 Å². The van der Waals surface area contributed by atoms with E-state index in [2.05, 4.69) is 264 Å². The molecule has 0 unspecified atom stereocenters. The second-order valence-electron chi connectivity index (χ2n) is 36.6. The highest BCUT2D eigenvalue weighted by Crippen LogP contribution is 2.21. The first-order valence-electron chi connectivity index (χ1n) is 51.0. The molecule has 0 radical (unpaired) electrons. The van der Waals surface area contributed by atoms with Crippen molar-refractivity contribution in [1.29, 1.82) is 0 Å². The van der Waals surface area contributed by atoms with Crippen LogP contribution in [0.5, 0.6) is 46.0 Å². The summed E-state index contributed by atoms with van der Waals surface area (Å²) in [5.74, 6) is 11.2. The van der Waals surface area contributed by atoms with Crippen molar-refractivity contribution in [3.63, 3.8) is 0 Å². The van der Waals surface area contributed by atoms with E-state index in [1.54, 1.807) is 21.3 Å². The maximum atomic E-state index is 8.91. The van der Waals surface area contributed by atoms with Crippen molar-refractivity contribution in [2.45, 2.75) is 147 Å². The summed E-state index contributed by atoms with van der Waals surface area (Å²) >= 11 is 2.06. The molecule has 3 aliphatic heterocycles. The van der Waals surface area contributed by atoms with Crippen molar-refractivity contribution < 1.29 is 57.2 Å². The molecular formula is C115H185N9O12S. The van der Waals surface area contributed by atoms with Crippen LogP contribution in [0.2, 0.25) is 0 Å². The van der Waals surface area contributed by atoms with Crippen molar-refractivity contribution in [3.8, 4) is 46.0 Å². The fourth-order valence-corrected chi connectivity index (χ4v) is 15.3. The zero-order chi connectivity index (χ0) is 99.4. The van der Waals surface area contributed by atoms with Gasteiger partial charge in [-0.05, 0) is 257 Å². The van der Waals surface area contributed by atoms with Crippen molar-refractivity contribution in [3.05, 3.63) is 239 Å². The molecule has 768 valence electrons. The number of aryl methyl sites for hydroxylation is 8. The molecule has 0 saturated carbocycles. The molecule has 0 spiro atoms. The second kappa shape index (κ2) is 79.6. The molecule has 0 aliphatic carbocycles. The van der Waals surface area contributed by atoms with Gasteiger partial charge < -0.3 is 91.5 Å². The van der Waals surface area contributed by atoms with Gasteiger partial charge in [-0.2, -0.15) is 11.8 Å². The number of piperazine rings is 2. The van der Waals surface area contributed by atoms with Crippen LogP contribution in [0.25, 0.3) is 0 Å². The van der Waals surface area contributed by atoms with Crippen molar-refractivity contribution >= 4 is 11.8 Å². The Bertz CT molecular complexity index is 4040. The van der Waals surface area contributed by atoms with Crippen LogP contribution in [-0.2, 0) is 14.2 Å². The molecule has 8 aromatic rings. The van der Waals surface area contributed by atoms with Crippen LogP contribution >= 0.6 is 11.8 Å². The number of nitrogens with zero attached hydrogens (tertiary/aromatic N) is 9. The summed E-state index contributed by atoms with van der Waals surface area (Å²) in [5, 5.41) is 8.91. The molecule has 3 saturated heterocycles. The largest absolute Gasteiger partial charge is 0.494 e. The third kappa shape index (κ3) is 65.6. The highest BCUT2D eigenvalue weighted by atomic mass is 32.2. The van der Waals surface area contributed by atoms with Crippen molar-refractivity contribution in [1.82, 2.24) is 44.1 Å². The average molecular weight is 1920 g/mol. The van der Waals surface area contributed by atoms with E-state index >= 15 is 0 Å². The van der Waals surface area contributed by atoms with E-state index in [4.69, 9.17) is 57.2 Å². The van der Waals surface area contributed by atoms with Gasteiger partial charge in [0.25, 0.3) is 0 Å². The van der Waals surface area contributed by atoms with Gasteiger partial charge in [0.1, 0.15) is 46.0 Å². The molecule has 3 fully saturated rings. The summed E-state index contributed by atoms with van der Waals surface area (Å²) in [5.41, 5.74) is 10.2. The number of hydrogen-bond donors (Lipinski definition) is 1. The Morgan fingerprint density at radius 1 is 0.285 bits per heavy atom. The normalized spacial score (nSPS) is 13.4. The Morgan fingerprint density at radius 2 is 0.533 bits per heavy atom. The SMILES string of the molecule is CCN(CC)CCCOc1ccc(C)cc1.COCCN(C)CCCOc1ccc(C)cc1.COCCN(CCCOc1ccc(C)cc1)CCOC.Cc1ccc(OCCCCC(C)C)cc1.Cc1ccc(OCCCN(C)C)cc1.Cc1ccc(OCCCN2CCN(C)CC2)cc1.Cc1ccc(OCCCN2CCN(CCO)CC2)cc1.Cc1ccc(OCCCN2CCSCC2)cc1. The van der Waals surface area contributed by atoms with Crippen LogP contribution in [0.4, 0.5) is 0 Å². The molecule has 21 nitrogen and oxygen atoms in total. The van der Waals surface area contributed by atoms with Crippen molar-refractivity contribution in [2.75, 3.05) is 291 Å². The highest BCUT2D eigenvalue weighted by molar-refractivity contribution is 7.99. The predicted octanol–water partition coefficient (Wildman–Crippen LogP) is 20.5. The number of rotatable bonds is 54. The third-order valence-electron chi connectivity index (χ3n) is 23.4. The fraction of sp³-hybridized carbons (Fsp3) is 0.583. The third-order valence-corrected chi connectivity index (χ3v) is 24.3. The van der Waals surface area contributed by atoms with Crippen LogP contribution in [0, 0.1) is 61.3 Å². The topological polar surface area (TPSA) is 151 Å². The molecule has 11 rings (SSSR count). The standard InChI is InChI=1S/C16H26N2O2.C16H27NO3.C15H24N2O.C14H23NO2.C14H21NOS.C14H23NO.C14H22O.C12H19NO/c1-15-3-5-16(6-4-15)20-14-2-7-17-8-10-18(11-9-17)12-13-19;1-15-5-7-16(8-6-15)20-12-4-9-17(10-13-18-2)11-14-19-3;1-14-4-6-15(7-5-14)18-13-3-8-17-11-9-16(2)10-12-17;1-13-5-7-14(8-6-13)17-11-4-9-15(2)10-12-16-3;1-13-3-5-14(6-4-13)16-10-2-7-15-8-11-17-12-9-15;1-4-15(5-2)11-6-12-16-14-9-7-13(3)8-10-14;1-12(2)6-4-5-11-15-14-9-7-13(3)8-10-14;1-11-5-7-12(8-6-11)14-10-4-9-13(2)3/h3-6,19H,2,7-14H2,1H3;5-8H,4,9-14H2,1-3H3;4-7H,3,8-13H2,1-2H3;5-8H,4,9-12H2,1-3H3;3-6H,2,7-12H2,1H3;7-10H,4-6,11-12H2,1-3H3;7-10,12H,4-6,11H2,1-3H3;5-8H,4,9-10H2,1-3H3. The number of aliphatic hydroxyl groups excluding tert-OH is 1. The molecule has 0 atom stereocenters. The second-order valence-corrected chi connectivity index (χ2v) is 37.8. The first-order valence-corrected chi connectivity index (χ1v) is 52.2. The number of β-amino-alcohol motifs (C(OH)–C–C–N with tert-alkyl or cyclic N) is 1.